The fraction of sp³-hybridized carbons (Fsp3) is 0.625. The summed E-state index contributed by atoms with van der Waals surface area (Å²) in [5.74, 6) is 1.65. The number of aromatic hydroxyl groups is 1. The van der Waals surface area contributed by atoms with Gasteiger partial charge in [-0.3, -0.25) is 4.90 Å². The van der Waals surface area contributed by atoms with E-state index in [0.29, 0.717) is 17.4 Å². The molecule has 0 unspecified atom stereocenters. The quantitative estimate of drug-likeness (QED) is 0.872. The van der Waals surface area contributed by atoms with Crippen LogP contribution in [0.4, 0.5) is 0 Å². The van der Waals surface area contributed by atoms with E-state index in [9.17, 15) is 5.11 Å². The molecule has 1 aromatic carbocycles. The van der Waals surface area contributed by atoms with E-state index in [2.05, 4.69) is 4.90 Å². The van der Waals surface area contributed by atoms with Crippen LogP contribution in [-0.2, 0) is 11.3 Å². The zero-order valence-electron chi connectivity index (χ0n) is 13.1. The predicted octanol–water partition coefficient (Wildman–Crippen LogP) is 2.27. The number of phenols is 1. The van der Waals surface area contributed by atoms with E-state index in [0.717, 1.165) is 31.8 Å². The van der Waals surface area contributed by atoms with Crippen LogP contribution in [0.15, 0.2) is 12.1 Å². The van der Waals surface area contributed by atoms with Crippen LogP contribution in [0.5, 0.6) is 17.2 Å². The van der Waals surface area contributed by atoms with E-state index in [-0.39, 0.29) is 5.75 Å². The Balaban J connectivity index is 2.00. The minimum absolute atomic E-state index is 0.0579. The molecule has 1 N–H and O–H groups in total. The Kier molecular flexibility index (Phi) is 5.70. The second kappa shape index (κ2) is 7.52. The Morgan fingerprint density at radius 3 is 2.14 bits per heavy atom. The first-order valence-electron chi connectivity index (χ1n) is 7.33. The molecule has 1 fully saturated rings. The van der Waals surface area contributed by atoms with Gasteiger partial charge in [-0.1, -0.05) is 0 Å². The molecule has 1 aliphatic rings. The van der Waals surface area contributed by atoms with Crippen LogP contribution >= 0.6 is 0 Å². The molecule has 0 aliphatic carbocycles. The Labute approximate surface area is 126 Å². The Morgan fingerprint density at radius 2 is 1.67 bits per heavy atom. The summed E-state index contributed by atoms with van der Waals surface area (Å²) in [7, 11) is 4.87. The molecule has 0 amide bonds. The number of piperidine rings is 1. The molecule has 21 heavy (non-hydrogen) atoms. The molecule has 0 saturated carbocycles. The van der Waals surface area contributed by atoms with Crippen molar-refractivity contribution in [1.29, 1.82) is 0 Å². The second-order valence-electron chi connectivity index (χ2n) is 5.52. The molecule has 118 valence electrons. The fourth-order valence-electron chi connectivity index (χ4n) is 2.84. The number of benzene rings is 1. The second-order valence-corrected chi connectivity index (χ2v) is 5.52. The van der Waals surface area contributed by atoms with Crippen molar-refractivity contribution in [2.75, 3.05) is 41.0 Å². The van der Waals surface area contributed by atoms with Crippen LogP contribution in [-0.4, -0.2) is 51.0 Å². The third-order valence-corrected chi connectivity index (χ3v) is 4.06. The van der Waals surface area contributed by atoms with Gasteiger partial charge in [-0.05, 0) is 49.5 Å². The first kappa shape index (κ1) is 15.9. The van der Waals surface area contributed by atoms with Crippen LogP contribution in [0.1, 0.15) is 18.4 Å². The van der Waals surface area contributed by atoms with Gasteiger partial charge in [-0.25, -0.2) is 0 Å². The smallest absolute Gasteiger partial charge is 0.200 e. The van der Waals surface area contributed by atoms with Crippen molar-refractivity contribution in [2.45, 2.75) is 19.4 Å². The highest BCUT2D eigenvalue weighted by atomic mass is 16.5. The zero-order chi connectivity index (χ0) is 15.2. The lowest BCUT2D eigenvalue weighted by atomic mass is 9.97. The lowest BCUT2D eigenvalue weighted by molar-refractivity contribution is 0.0967. The standard InChI is InChI=1S/C16H25NO4/c1-19-11-12-4-6-17(7-5-12)10-13-8-14(20-2)16(18)15(9-13)21-3/h8-9,12,18H,4-7,10-11H2,1-3H3. The van der Waals surface area contributed by atoms with Crippen molar-refractivity contribution in [3.05, 3.63) is 17.7 Å². The molecule has 2 rings (SSSR count). The predicted molar refractivity (Wildman–Crippen MR) is 81.1 cm³/mol. The molecule has 0 radical (unpaired) electrons. The van der Waals surface area contributed by atoms with Crippen LogP contribution in [0, 0.1) is 5.92 Å². The van der Waals surface area contributed by atoms with E-state index in [1.807, 2.05) is 12.1 Å². The summed E-state index contributed by atoms with van der Waals surface area (Å²) >= 11 is 0. The molecular weight excluding hydrogens is 270 g/mol. The summed E-state index contributed by atoms with van der Waals surface area (Å²) < 4.78 is 15.6. The van der Waals surface area contributed by atoms with Gasteiger partial charge in [-0.15, -0.1) is 0 Å². The minimum atomic E-state index is 0.0579. The summed E-state index contributed by atoms with van der Waals surface area (Å²) in [5, 5.41) is 9.94. The van der Waals surface area contributed by atoms with Crippen LogP contribution < -0.4 is 9.47 Å². The molecule has 5 heteroatoms. The number of phenolic OH excluding ortho intramolecular Hbond substituents is 1. The first-order valence-corrected chi connectivity index (χ1v) is 7.33. The summed E-state index contributed by atoms with van der Waals surface area (Å²) in [6.45, 7) is 3.83. The Morgan fingerprint density at radius 1 is 1.10 bits per heavy atom. The normalized spacial score (nSPS) is 16.9. The molecular formula is C16H25NO4. The van der Waals surface area contributed by atoms with E-state index in [1.165, 1.54) is 12.8 Å². The molecule has 1 aromatic rings. The molecule has 0 spiro atoms. The topological polar surface area (TPSA) is 51.2 Å². The number of hydrogen-bond donors (Lipinski definition) is 1. The number of likely N-dealkylation sites (tertiary alicyclic amines) is 1. The first-order chi connectivity index (χ1) is 10.2. The van der Waals surface area contributed by atoms with Crippen molar-refractivity contribution in [3.63, 3.8) is 0 Å². The van der Waals surface area contributed by atoms with Gasteiger partial charge in [0.25, 0.3) is 0 Å². The van der Waals surface area contributed by atoms with Crippen molar-refractivity contribution in [1.82, 2.24) is 4.90 Å². The Bertz CT molecular complexity index is 431. The van der Waals surface area contributed by atoms with Gasteiger partial charge < -0.3 is 19.3 Å². The highest BCUT2D eigenvalue weighted by molar-refractivity contribution is 5.52. The van der Waals surface area contributed by atoms with Crippen molar-refractivity contribution < 1.29 is 19.3 Å². The molecule has 0 aromatic heterocycles. The van der Waals surface area contributed by atoms with Gasteiger partial charge in [0, 0.05) is 20.3 Å². The van der Waals surface area contributed by atoms with E-state index in [4.69, 9.17) is 14.2 Å². The molecule has 1 heterocycles. The van der Waals surface area contributed by atoms with Gasteiger partial charge >= 0.3 is 0 Å². The van der Waals surface area contributed by atoms with E-state index < -0.39 is 0 Å². The van der Waals surface area contributed by atoms with Gasteiger partial charge in [0.1, 0.15) is 0 Å². The van der Waals surface area contributed by atoms with Crippen LogP contribution in [0.25, 0.3) is 0 Å². The van der Waals surface area contributed by atoms with E-state index >= 15 is 0 Å². The summed E-state index contributed by atoms with van der Waals surface area (Å²) in [6.07, 6.45) is 2.33. The Hall–Kier alpha value is -1.46. The molecule has 0 atom stereocenters. The minimum Gasteiger partial charge on any atom is -0.502 e. The number of rotatable bonds is 6. The molecule has 0 bridgehead atoms. The fourth-order valence-corrected chi connectivity index (χ4v) is 2.84. The number of ether oxygens (including phenoxy) is 3. The van der Waals surface area contributed by atoms with Crippen molar-refractivity contribution >= 4 is 0 Å². The number of methoxy groups -OCH3 is 3. The highest BCUT2D eigenvalue weighted by Gasteiger charge is 2.20. The zero-order valence-corrected chi connectivity index (χ0v) is 13.1. The third-order valence-electron chi connectivity index (χ3n) is 4.06. The van der Waals surface area contributed by atoms with Crippen LogP contribution in [0.2, 0.25) is 0 Å². The van der Waals surface area contributed by atoms with Gasteiger partial charge in [0.05, 0.1) is 14.2 Å². The average molecular weight is 295 g/mol. The highest BCUT2D eigenvalue weighted by Crippen LogP contribution is 2.37. The lowest BCUT2D eigenvalue weighted by Crippen LogP contribution is -2.34. The largest absolute Gasteiger partial charge is 0.502 e. The SMILES string of the molecule is COCC1CCN(Cc2cc(OC)c(O)c(OC)c2)CC1. The van der Waals surface area contributed by atoms with Gasteiger partial charge in [-0.2, -0.15) is 0 Å². The van der Waals surface area contributed by atoms with Crippen molar-refractivity contribution in [3.8, 4) is 17.2 Å². The summed E-state index contributed by atoms with van der Waals surface area (Å²) in [5.41, 5.74) is 1.09. The number of nitrogens with zero attached hydrogens (tertiary/aromatic N) is 1. The maximum Gasteiger partial charge on any atom is 0.200 e. The lowest BCUT2D eigenvalue weighted by Gasteiger charge is -2.31. The molecule has 1 aliphatic heterocycles. The van der Waals surface area contributed by atoms with Gasteiger partial charge in [0.15, 0.2) is 11.5 Å². The van der Waals surface area contributed by atoms with E-state index in [1.54, 1.807) is 21.3 Å². The average Bonchev–Trinajstić information content (AvgIpc) is 2.51. The third kappa shape index (κ3) is 4.02. The van der Waals surface area contributed by atoms with Crippen molar-refractivity contribution in [2.24, 2.45) is 5.92 Å². The van der Waals surface area contributed by atoms with Crippen LogP contribution in [0.3, 0.4) is 0 Å². The van der Waals surface area contributed by atoms with Gasteiger partial charge in [0.2, 0.25) is 5.75 Å². The molecule has 1 saturated heterocycles. The number of hydrogen-bond acceptors (Lipinski definition) is 5. The summed E-state index contributed by atoms with van der Waals surface area (Å²) in [4.78, 5) is 2.41. The molecule has 5 nitrogen and oxygen atoms in total. The maximum atomic E-state index is 9.94. The maximum absolute atomic E-state index is 9.94. The monoisotopic (exact) mass is 295 g/mol. The summed E-state index contributed by atoms with van der Waals surface area (Å²) in [6, 6.07) is 3.75.